The first kappa shape index (κ1) is 12.4. The van der Waals surface area contributed by atoms with Crippen LogP contribution in [0, 0.1) is 11.8 Å². The average Bonchev–Trinajstić information content (AvgIpc) is 2.76. The SMILES string of the molecule is CCOc1ccc(C(O)C2CCC(C)C2)cc1. The van der Waals surface area contributed by atoms with Crippen LogP contribution in [0.5, 0.6) is 5.75 Å². The van der Waals surface area contributed by atoms with Gasteiger partial charge in [-0.15, -0.1) is 0 Å². The van der Waals surface area contributed by atoms with E-state index >= 15 is 0 Å². The minimum Gasteiger partial charge on any atom is -0.494 e. The van der Waals surface area contributed by atoms with Gasteiger partial charge in [-0.05, 0) is 49.3 Å². The Morgan fingerprint density at radius 1 is 1.29 bits per heavy atom. The van der Waals surface area contributed by atoms with Crippen molar-refractivity contribution in [3.8, 4) is 5.75 Å². The molecule has 2 rings (SSSR count). The molecule has 1 aromatic carbocycles. The maximum Gasteiger partial charge on any atom is 0.119 e. The van der Waals surface area contributed by atoms with E-state index in [-0.39, 0.29) is 6.10 Å². The van der Waals surface area contributed by atoms with Gasteiger partial charge in [0.25, 0.3) is 0 Å². The third kappa shape index (κ3) is 3.01. The molecule has 0 radical (unpaired) electrons. The molecule has 0 aromatic heterocycles. The van der Waals surface area contributed by atoms with Crippen LogP contribution in [0.2, 0.25) is 0 Å². The second-order valence-corrected chi connectivity index (χ2v) is 5.13. The van der Waals surface area contributed by atoms with Gasteiger partial charge in [-0.3, -0.25) is 0 Å². The zero-order valence-corrected chi connectivity index (χ0v) is 10.7. The first-order chi connectivity index (χ1) is 8.20. The Hall–Kier alpha value is -1.02. The quantitative estimate of drug-likeness (QED) is 0.863. The third-order valence-electron chi connectivity index (χ3n) is 3.71. The van der Waals surface area contributed by atoms with Gasteiger partial charge in [-0.25, -0.2) is 0 Å². The molecule has 1 aromatic rings. The molecule has 3 atom stereocenters. The van der Waals surface area contributed by atoms with E-state index in [2.05, 4.69) is 6.92 Å². The Kier molecular flexibility index (Phi) is 4.06. The summed E-state index contributed by atoms with van der Waals surface area (Å²) < 4.78 is 5.40. The molecule has 1 aliphatic carbocycles. The molecule has 2 nitrogen and oxygen atoms in total. The predicted octanol–water partition coefficient (Wildman–Crippen LogP) is 3.55. The molecule has 0 amide bonds. The van der Waals surface area contributed by atoms with Crippen LogP contribution in [0.1, 0.15) is 44.8 Å². The standard InChI is InChI=1S/C15H22O2/c1-3-17-14-8-6-12(7-9-14)15(16)13-5-4-11(2)10-13/h6-9,11,13,15-16H,3-5,10H2,1-2H3. The minimum absolute atomic E-state index is 0.310. The van der Waals surface area contributed by atoms with Gasteiger partial charge >= 0.3 is 0 Å². The summed E-state index contributed by atoms with van der Waals surface area (Å²) in [7, 11) is 0. The number of rotatable bonds is 4. The third-order valence-corrected chi connectivity index (χ3v) is 3.71. The van der Waals surface area contributed by atoms with Gasteiger partial charge in [-0.1, -0.05) is 25.5 Å². The molecule has 0 bridgehead atoms. The number of aliphatic hydroxyl groups is 1. The van der Waals surface area contributed by atoms with Crippen LogP contribution in [0.15, 0.2) is 24.3 Å². The van der Waals surface area contributed by atoms with E-state index in [0.29, 0.717) is 12.5 Å². The van der Waals surface area contributed by atoms with Crippen LogP contribution in [0.4, 0.5) is 0 Å². The number of hydrogen-bond donors (Lipinski definition) is 1. The fourth-order valence-corrected chi connectivity index (χ4v) is 2.74. The molecule has 1 N–H and O–H groups in total. The lowest BCUT2D eigenvalue weighted by Gasteiger charge is -2.18. The molecule has 0 heterocycles. The maximum atomic E-state index is 10.3. The van der Waals surface area contributed by atoms with Crippen LogP contribution in [0.3, 0.4) is 0 Å². The molecule has 0 saturated heterocycles. The normalized spacial score (nSPS) is 25.8. The van der Waals surface area contributed by atoms with Gasteiger partial charge in [0.05, 0.1) is 12.7 Å². The van der Waals surface area contributed by atoms with E-state index < -0.39 is 0 Å². The largest absolute Gasteiger partial charge is 0.494 e. The number of hydrogen-bond acceptors (Lipinski definition) is 2. The molecule has 1 aliphatic rings. The lowest BCUT2D eigenvalue weighted by atomic mass is 9.93. The monoisotopic (exact) mass is 234 g/mol. The molecule has 0 spiro atoms. The van der Waals surface area contributed by atoms with Crippen molar-refractivity contribution in [2.75, 3.05) is 6.61 Å². The fourth-order valence-electron chi connectivity index (χ4n) is 2.74. The summed E-state index contributed by atoms with van der Waals surface area (Å²) in [6.45, 7) is 4.93. The Morgan fingerprint density at radius 2 is 2.00 bits per heavy atom. The summed E-state index contributed by atoms with van der Waals surface area (Å²) in [5, 5.41) is 10.3. The molecular weight excluding hydrogens is 212 g/mol. The molecule has 17 heavy (non-hydrogen) atoms. The van der Waals surface area contributed by atoms with Crippen LogP contribution >= 0.6 is 0 Å². The van der Waals surface area contributed by atoms with Crippen molar-refractivity contribution in [1.29, 1.82) is 0 Å². The molecule has 3 unspecified atom stereocenters. The van der Waals surface area contributed by atoms with Crippen molar-refractivity contribution in [1.82, 2.24) is 0 Å². The van der Waals surface area contributed by atoms with Crippen LogP contribution in [0.25, 0.3) is 0 Å². The molecule has 0 aliphatic heterocycles. The molecule has 2 heteroatoms. The van der Waals surface area contributed by atoms with Crippen molar-refractivity contribution < 1.29 is 9.84 Å². The zero-order valence-electron chi connectivity index (χ0n) is 10.7. The predicted molar refractivity (Wildman–Crippen MR) is 69.1 cm³/mol. The number of ether oxygens (including phenoxy) is 1. The van der Waals surface area contributed by atoms with Crippen LogP contribution < -0.4 is 4.74 Å². The highest BCUT2D eigenvalue weighted by Gasteiger charge is 2.28. The summed E-state index contributed by atoms with van der Waals surface area (Å²) in [5.41, 5.74) is 1.02. The van der Waals surface area contributed by atoms with Gasteiger partial charge in [0.2, 0.25) is 0 Å². The molecule has 1 fully saturated rings. The van der Waals surface area contributed by atoms with E-state index in [9.17, 15) is 5.11 Å². The Morgan fingerprint density at radius 3 is 2.53 bits per heavy atom. The van der Waals surface area contributed by atoms with Crippen molar-refractivity contribution >= 4 is 0 Å². The van der Waals surface area contributed by atoms with Gasteiger partial charge in [-0.2, -0.15) is 0 Å². The first-order valence-corrected chi connectivity index (χ1v) is 6.61. The van der Waals surface area contributed by atoms with Gasteiger partial charge in [0.1, 0.15) is 5.75 Å². The van der Waals surface area contributed by atoms with Gasteiger partial charge in [0.15, 0.2) is 0 Å². The number of aliphatic hydroxyl groups excluding tert-OH is 1. The van der Waals surface area contributed by atoms with Gasteiger partial charge in [0, 0.05) is 0 Å². The van der Waals surface area contributed by atoms with E-state index in [1.807, 2.05) is 31.2 Å². The zero-order chi connectivity index (χ0) is 12.3. The minimum atomic E-state index is -0.310. The Labute approximate surface area is 104 Å². The van der Waals surface area contributed by atoms with Crippen molar-refractivity contribution in [3.05, 3.63) is 29.8 Å². The highest BCUT2D eigenvalue weighted by molar-refractivity contribution is 5.28. The van der Waals surface area contributed by atoms with Crippen molar-refractivity contribution in [2.45, 2.75) is 39.2 Å². The Balaban J connectivity index is 2.01. The van der Waals surface area contributed by atoms with E-state index in [1.54, 1.807) is 0 Å². The lowest BCUT2D eigenvalue weighted by Crippen LogP contribution is -2.09. The van der Waals surface area contributed by atoms with Crippen LogP contribution in [-0.4, -0.2) is 11.7 Å². The summed E-state index contributed by atoms with van der Waals surface area (Å²) in [6, 6.07) is 7.86. The van der Waals surface area contributed by atoms with E-state index in [1.165, 1.54) is 6.42 Å². The topological polar surface area (TPSA) is 29.5 Å². The maximum absolute atomic E-state index is 10.3. The summed E-state index contributed by atoms with van der Waals surface area (Å²) >= 11 is 0. The van der Waals surface area contributed by atoms with Crippen molar-refractivity contribution in [2.24, 2.45) is 11.8 Å². The Bertz CT molecular complexity index is 344. The van der Waals surface area contributed by atoms with Gasteiger partial charge < -0.3 is 9.84 Å². The number of benzene rings is 1. The van der Waals surface area contributed by atoms with Crippen molar-refractivity contribution in [3.63, 3.8) is 0 Å². The highest BCUT2D eigenvalue weighted by atomic mass is 16.5. The smallest absolute Gasteiger partial charge is 0.119 e. The highest BCUT2D eigenvalue weighted by Crippen LogP contribution is 2.38. The summed E-state index contributed by atoms with van der Waals surface area (Å²) in [6.07, 6.45) is 3.23. The second kappa shape index (κ2) is 5.54. The average molecular weight is 234 g/mol. The molecule has 94 valence electrons. The fraction of sp³-hybridized carbons (Fsp3) is 0.600. The molecule has 1 saturated carbocycles. The summed E-state index contributed by atoms with van der Waals surface area (Å²) in [4.78, 5) is 0. The summed E-state index contributed by atoms with van der Waals surface area (Å²) in [5.74, 6) is 2.07. The van der Waals surface area contributed by atoms with E-state index in [0.717, 1.165) is 30.1 Å². The van der Waals surface area contributed by atoms with Crippen LogP contribution in [-0.2, 0) is 0 Å². The lowest BCUT2D eigenvalue weighted by molar-refractivity contribution is 0.109. The molecular formula is C15H22O2. The first-order valence-electron chi connectivity index (χ1n) is 6.61. The second-order valence-electron chi connectivity index (χ2n) is 5.13. The van der Waals surface area contributed by atoms with E-state index in [4.69, 9.17) is 4.74 Å².